The van der Waals surface area contributed by atoms with Gasteiger partial charge in [-0.1, -0.05) is 6.07 Å². The van der Waals surface area contributed by atoms with Gasteiger partial charge in [-0.25, -0.2) is 0 Å². The van der Waals surface area contributed by atoms with E-state index >= 15 is 0 Å². The molecule has 2 amide bonds. The second-order valence-corrected chi connectivity index (χ2v) is 5.90. The fourth-order valence-electron chi connectivity index (χ4n) is 2.95. The van der Waals surface area contributed by atoms with Crippen LogP contribution in [-0.2, 0) is 16.0 Å². The van der Waals surface area contributed by atoms with Gasteiger partial charge in [-0.15, -0.1) is 0 Å². The molecule has 0 aromatic heterocycles. The molecule has 1 fully saturated rings. The van der Waals surface area contributed by atoms with Crippen LogP contribution in [0.25, 0.3) is 0 Å². The van der Waals surface area contributed by atoms with Crippen molar-refractivity contribution in [2.24, 2.45) is 0 Å². The first-order chi connectivity index (χ1) is 12.1. The van der Waals surface area contributed by atoms with Gasteiger partial charge in [0.15, 0.2) is 11.5 Å². The summed E-state index contributed by atoms with van der Waals surface area (Å²) < 4.78 is 16.0. The molecule has 1 saturated heterocycles. The van der Waals surface area contributed by atoms with Crippen LogP contribution >= 0.6 is 0 Å². The molecule has 0 saturated carbocycles. The number of amides is 2. The minimum atomic E-state index is -0.442. The summed E-state index contributed by atoms with van der Waals surface area (Å²) in [6.07, 6.45) is 3.28. The van der Waals surface area contributed by atoms with E-state index in [0.717, 1.165) is 18.4 Å². The summed E-state index contributed by atoms with van der Waals surface area (Å²) in [6, 6.07) is 3.20. The number of hydrogen-bond donors (Lipinski definition) is 2. The highest BCUT2D eigenvalue weighted by molar-refractivity contribution is 5.87. The predicted octanol–water partition coefficient (Wildman–Crippen LogP) is 1.43. The van der Waals surface area contributed by atoms with Gasteiger partial charge in [0.05, 0.1) is 21.3 Å². The van der Waals surface area contributed by atoms with Crippen LogP contribution in [0, 0.1) is 0 Å². The van der Waals surface area contributed by atoms with Crippen molar-refractivity contribution in [1.82, 2.24) is 10.6 Å². The first-order valence-corrected chi connectivity index (χ1v) is 8.45. The molecule has 0 spiro atoms. The van der Waals surface area contributed by atoms with E-state index in [9.17, 15) is 9.59 Å². The number of methoxy groups -OCH3 is 3. The van der Waals surface area contributed by atoms with Crippen LogP contribution in [0.1, 0.15) is 31.2 Å². The van der Waals surface area contributed by atoms with E-state index in [2.05, 4.69) is 10.6 Å². The van der Waals surface area contributed by atoms with Crippen LogP contribution in [-0.4, -0.2) is 45.7 Å². The molecule has 1 unspecified atom stereocenters. The van der Waals surface area contributed by atoms with Gasteiger partial charge in [-0.3, -0.25) is 9.59 Å². The molecule has 0 radical (unpaired) electrons. The maximum atomic E-state index is 12.2. The Morgan fingerprint density at radius 1 is 1.16 bits per heavy atom. The van der Waals surface area contributed by atoms with Crippen molar-refractivity contribution in [3.8, 4) is 17.2 Å². The number of rotatable bonds is 7. The van der Waals surface area contributed by atoms with Crippen molar-refractivity contribution in [3.63, 3.8) is 0 Å². The summed E-state index contributed by atoms with van der Waals surface area (Å²) in [5, 5.41) is 5.64. The summed E-state index contributed by atoms with van der Waals surface area (Å²) in [4.78, 5) is 24.1. The summed E-state index contributed by atoms with van der Waals surface area (Å²) in [7, 11) is 4.65. The lowest BCUT2D eigenvalue weighted by Gasteiger charge is -2.17. The predicted molar refractivity (Wildman–Crippen MR) is 93.2 cm³/mol. The van der Waals surface area contributed by atoms with Gasteiger partial charge < -0.3 is 24.8 Å². The van der Waals surface area contributed by atoms with E-state index in [1.165, 1.54) is 0 Å². The van der Waals surface area contributed by atoms with Crippen molar-refractivity contribution < 1.29 is 23.8 Å². The Kier molecular flexibility index (Phi) is 6.91. The van der Waals surface area contributed by atoms with Crippen molar-refractivity contribution in [2.75, 3.05) is 27.9 Å². The summed E-state index contributed by atoms with van der Waals surface area (Å²) in [5.41, 5.74) is 0.848. The van der Waals surface area contributed by atoms with Crippen LogP contribution in [0.3, 0.4) is 0 Å². The molecule has 1 aromatic carbocycles. The molecule has 7 heteroatoms. The van der Waals surface area contributed by atoms with Crippen LogP contribution in [0.4, 0.5) is 0 Å². The Labute approximate surface area is 148 Å². The molecule has 1 heterocycles. The number of aryl methyl sites for hydroxylation is 1. The van der Waals surface area contributed by atoms with Crippen LogP contribution in [0.15, 0.2) is 12.1 Å². The minimum Gasteiger partial charge on any atom is -0.493 e. The zero-order chi connectivity index (χ0) is 18.2. The number of carbonyl (C=O) groups excluding carboxylic acids is 2. The van der Waals surface area contributed by atoms with E-state index < -0.39 is 6.04 Å². The number of benzene rings is 1. The molecule has 1 aliphatic rings. The molecule has 1 aromatic rings. The topological polar surface area (TPSA) is 85.9 Å². The van der Waals surface area contributed by atoms with E-state index in [-0.39, 0.29) is 18.2 Å². The Balaban J connectivity index is 2.00. The van der Waals surface area contributed by atoms with Crippen LogP contribution < -0.4 is 24.8 Å². The van der Waals surface area contributed by atoms with Crippen LogP contribution in [0.5, 0.6) is 17.2 Å². The third kappa shape index (κ3) is 4.78. The summed E-state index contributed by atoms with van der Waals surface area (Å²) in [6.45, 7) is 0.675. The van der Waals surface area contributed by atoms with Gasteiger partial charge in [0.25, 0.3) is 0 Å². The normalized spacial score (nSPS) is 17.2. The molecule has 2 N–H and O–H groups in total. The third-order valence-electron chi connectivity index (χ3n) is 4.28. The molecule has 1 aliphatic heterocycles. The SMILES string of the molecule is COc1ccc(CCC(=O)NC2CCCCNC2=O)c(OC)c1OC. The Morgan fingerprint density at radius 2 is 1.92 bits per heavy atom. The maximum absolute atomic E-state index is 12.2. The Bertz CT molecular complexity index is 618. The molecule has 25 heavy (non-hydrogen) atoms. The molecule has 0 bridgehead atoms. The molecule has 2 rings (SSSR count). The van der Waals surface area contributed by atoms with Crippen molar-refractivity contribution in [3.05, 3.63) is 17.7 Å². The largest absolute Gasteiger partial charge is 0.493 e. The third-order valence-corrected chi connectivity index (χ3v) is 4.28. The smallest absolute Gasteiger partial charge is 0.242 e. The van der Waals surface area contributed by atoms with E-state index in [1.54, 1.807) is 27.4 Å². The van der Waals surface area contributed by atoms with Crippen molar-refractivity contribution in [1.29, 1.82) is 0 Å². The number of ether oxygens (including phenoxy) is 3. The zero-order valence-electron chi connectivity index (χ0n) is 15.0. The fourth-order valence-corrected chi connectivity index (χ4v) is 2.95. The zero-order valence-corrected chi connectivity index (χ0v) is 15.0. The van der Waals surface area contributed by atoms with Crippen LogP contribution in [0.2, 0.25) is 0 Å². The average Bonchev–Trinajstić information content (AvgIpc) is 2.83. The summed E-state index contributed by atoms with van der Waals surface area (Å²) >= 11 is 0. The van der Waals surface area contributed by atoms with E-state index in [0.29, 0.717) is 36.6 Å². The molecule has 7 nitrogen and oxygen atoms in total. The van der Waals surface area contributed by atoms with Crippen molar-refractivity contribution in [2.45, 2.75) is 38.1 Å². The lowest BCUT2D eigenvalue weighted by molar-refractivity contribution is -0.128. The second kappa shape index (κ2) is 9.15. The van der Waals surface area contributed by atoms with Gasteiger partial charge in [0.1, 0.15) is 6.04 Å². The molecular weight excluding hydrogens is 324 g/mol. The quantitative estimate of drug-likeness (QED) is 0.777. The van der Waals surface area contributed by atoms with E-state index in [1.807, 2.05) is 6.07 Å². The van der Waals surface area contributed by atoms with Crippen molar-refractivity contribution >= 4 is 11.8 Å². The Morgan fingerprint density at radius 3 is 2.60 bits per heavy atom. The molecule has 0 aliphatic carbocycles. The molecular formula is C18H26N2O5. The minimum absolute atomic E-state index is 0.102. The van der Waals surface area contributed by atoms with E-state index in [4.69, 9.17) is 14.2 Å². The molecule has 1 atom stereocenters. The highest BCUT2D eigenvalue weighted by Crippen LogP contribution is 2.40. The highest BCUT2D eigenvalue weighted by atomic mass is 16.5. The Hall–Kier alpha value is -2.44. The van der Waals surface area contributed by atoms with Gasteiger partial charge in [0.2, 0.25) is 17.6 Å². The maximum Gasteiger partial charge on any atom is 0.242 e. The molecule has 138 valence electrons. The highest BCUT2D eigenvalue weighted by Gasteiger charge is 2.22. The first kappa shape index (κ1) is 18.9. The van der Waals surface area contributed by atoms with Gasteiger partial charge in [-0.2, -0.15) is 0 Å². The lowest BCUT2D eigenvalue weighted by atomic mass is 10.1. The monoisotopic (exact) mass is 350 g/mol. The lowest BCUT2D eigenvalue weighted by Crippen LogP contribution is -2.45. The van der Waals surface area contributed by atoms with Gasteiger partial charge in [0, 0.05) is 13.0 Å². The number of nitrogens with one attached hydrogen (secondary N) is 2. The average molecular weight is 350 g/mol. The fraction of sp³-hybridized carbons (Fsp3) is 0.556. The van der Waals surface area contributed by atoms with Gasteiger partial charge >= 0.3 is 0 Å². The standard InChI is InChI=1S/C18H26N2O5/c1-23-14-9-7-12(16(24-2)17(14)25-3)8-10-15(21)20-13-6-4-5-11-19-18(13)22/h7,9,13H,4-6,8,10-11H2,1-3H3,(H,19,22)(H,20,21). The first-order valence-electron chi connectivity index (χ1n) is 8.45. The number of hydrogen-bond acceptors (Lipinski definition) is 5. The van der Waals surface area contributed by atoms with Gasteiger partial charge in [-0.05, 0) is 37.3 Å². The summed E-state index contributed by atoms with van der Waals surface area (Å²) in [5.74, 6) is 1.38. The second-order valence-electron chi connectivity index (χ2n) is 5.90. The number of carbonyl (C=O) groups is 2.